The van der Waals surface area contributed by atoms with Crippen molar-refractivity contribution < 1.29 is 19.6 Å². The van der Waals surface area contributed by atoms with Gasteiger partial charge >= 0.3 is 5.97 Å². The van der Waals surface area contributed by atoms with Crippen LogP contribution in [0.2, 0.25) is 0 Å². The number of nitro groups is 1. The largest absolute Gasteiger partial charge is 0.496 e. The number of hydrogen-bond donors (Lipinski definition) is 1. The number of rotatable bonds is 4. The SMILES string of the molecule is COc1cccc([N+](=O)[O-])c1CC(=O)O. The van der Waals surface area contributed by atoms with Crippen molar-refractivity contribution in [3.8, 4) is 5.75 Å². The summed E-state index contributed by atoms with van der Waals surface area (Å²) in [6.45, 7) is 0. The Morgan fingerprint density at radius 2 is 2.27 bits per heavy atom. The normalized spacial score (nSPS) is 9.67. The number of ether oxygens (including phenoxy) is 1. The quantitative estimate of drug-likeness (QED) is 0.597. The lowest BCUT2D eigenvalue weighted by Crippen LogP contribution is -2.05. The fraction of sp³-hybridized carbons (Fsp3) is 0.222. The van der Waals surface area contributed by atoms with Crippen LogP contribution in [-0.2, 0) is 11.2 Å². The number of methoxy groups -OCH3 is 1. The molecule has 1 aromatic carbocycles. The molecule has 0 fully saturated rings. The molecule has 0 atom stereocenters. The Balaban J connectivity index is 3.26. The summed E-state index contributed by atoms with van der Waals surface area (Å²) in [6, 6.07) is 4.19. The third-order valence-electron chi connectivity index (χ3n) is 1.85. The van der Waals surface area contributed by atoms with Gasteiger partial charge in [-0.15, -0.1) is 0 Å². The van der Waals surface area contributed by atoms with E-state index in [-0.39, 0.29) is 17.0 Å². The summed E-state index contributed by atoms with van der Waals surface area (Å²) in [4.78, 5) is 20.5. The molecule has 0 heterocycles. The van der Waals surface area contributed by atoms with Crippen LogP contribution in [0, 0.1) is 10.1 Å². The summed E-state index contributed by atoms with van der Waals surface area (Å²) < 4.78 is 4.87. The molecular weight excluding hydrogens is 202 g/mol. The number of benzene rings is 1. The molecule has 0 aliphatic rings. The van der Waals surface area contributed by atoms with Crippen LogP contribution in [0.15, 0.2) is 18.2 Å². The summed E-state index contributed by atoms with van der Waals surface area (Å²) >= 11 is 0. The van der Waals surface area contributed by atoms with Gasteiger partial charge in [0.1, 0.15) is 5.75 Å². The highest BCUT2D eigenvalue weighted by molar-refractivity contribution is 5.73. The van der Waals surface area contributed by atoms with Crippen molar-refractivity contribution in [3.63, 3.8) is 0 Å². The van der Waals surface area contributed by atoms with Crippen LogP contribution in [0.4, 0.5) is 5.69 Å². The van der Waals surface area contributed by atoms with Gasteiger partial charge in [-0.05, 0) is 6.07 Å². The van der Waals surface area contributed by atoms with Crippen molar-refractivity contribution in [1.29, 1.82) is 0 Å². The second kappa shape index (κ2) is 4.41. The molecule has 0 saturated carbocycles. The van der Waals surface area contributed by atoms with Crippen LogP contribution in [0.25, 0.3) is 0 Å². The topological polar surface area (TPSA) is 89.7 Å². The maximum atomic E-state index is 10.6. The maximum Gasteiger partial charge on any atom is 0.308 e. The van der Waals surface area contributed by atoms with Crippen molar-refractivity contribution in [1.82, 2.24) is 0 Å². The summed E-state index contributed by atoms with van der Waals surface area (Å²) in [6.07, 6.45) is -0.430. The smallest absolute Gasteiger partial charge is 0.308 e. The zero-order valence-electron chi connectivity index (χ0n) is 7.97. The van der Waals surface area contributed by atoms with Crippen molar-refractivity contribution in [2.45, 2.75) is 6.42 Å². The molecule has 1 aromatic rings. The standard InChI is InChI=1S/C9H9NO5/c1-15-8-4-2-3-7(10(13)14)6(8)5-9(11)12/h2-4H,5H2,1H3,(H,11,12). The molecule has 0 aromatic heterocycles. The Labute approximate surface area is 85.2 Å². The summed E-state index contributed by atoms with van der Waals surface area (Å²) in [5.41, 5.74) is -0.158. The lowest BCUT2D eigenvalue weighted by Gasteiger charge is -2.06. The van der Waals surface area contributed by atoms with Gasteiger partial charge in [0.2, 0.25) is 0 Å². The predicted octanol–water partition coefficient (Wildman–Crippen LogP) is 1.23. The number of nitrogens with zero attached hydrogens (tertiary/aromatic N) is 1. The number of hydrogen-bond acceptors (Lipinski definition) is 4. The van der Waals surface area contributed by atoms with Crippen LogP contribution in [0.1, 0.15) is 5.56 Å². The number of aliphatic carboxylic acids is 1. The van der Waals surface area contributed by atoms with E-state index in [4.69, 9.17) is 9.84 Å². The molecule has 1 N–H and O–H groups in total. The van der Waals surface area contributed by atoms with Gasteiger partial charge in [-0.3, -0.25) is 14.9 Å². The van der Waals surface area contributed by atoms with E-state index in [9.17, 15) is 14.9 Å². The second-order valence-electron chi connectivity index (χ2n) is 2.79. The van der Waals surface area contributed by atoms with Gasteiger partial charge in [0.15, 0.2) is 0 Å². The summed E-state index contributed by atoms with van der Waals surface area (Å²) in [5.74, 6) is -0.922. The van der Waals surface area contributed by atoms with E-state index in [1.165, 1.54) is 25.3 Å². The van der Waals surface area contributed by atoms with Crippen molar-refractivity contribution >= 4 is 11.7 Å². The molecule has 80 valence electrons. The molecule has 6 nitrogen and oxygen atoms in total. The first-order valence-electron chi connectivity index (χ1n) is 4.08. The van der Waals surface area contributed by atoms with E-state index in [0.717, 1.165) is 0 Å². The van der Waals surface area contributed by atoms with Gasteiger partial charge in [0.25, 0.3) is 5.69 Å². The Kier molecular flexibility index (Phi) is 3.22. The zero-order valence-corrected chi connectivity index (χ0v) is 7.97. The van der Waals surface area contributed by atoms with Crippen LogP contribution in [0.3, 0.4) is 0 Å². The maximum absolute atomic E-state index is 10.6. The summed E-state index contributed by atoms with van der Waals surface area (Å²) in [7, 11) is 1.34. The average Bonchev–Trinajstić information content (AvgIpc) is 2.16. The lowest BCUT2D eigenvalue weighted by atomic mass is 10.1. The number of carbonyl (C=O) groups is 1. The number of carboxylic acids is 1. The molecule has 0 aliphatic carbocycles. The van der Waals surface area contributed by atoms with Gasteiger partial charge in [0, 0.05) is 6.07 Å². The third kappa shape index (κ3) is 2.43. The molecule has 0 aliphatic heterocycles. The van der Waals surface area contributed by atoms with Gasteiger partial charge in [-0.25, -0.2) is 0 Å². The molecule has 0 bridgehead atoms. The molecule has 6 heteroatoms. The first-order chi connectivity index (χ1) is 7.06. The Morgan fingerprint density at radius 3 is 2.73 bits per heavy atom. The lowest BCUT2D eigenvalue weighted by molar-refractivity contribution is -0.385. The Bertz CT molecular complexity index is 401. The zero-order chi connectivity index (χ0) is 11.4. The highest BCUT2D eigenvalue weighted by atomic mass is 16.6. The van der Waals surface area contributed by atoms with Gasteiger partial charge < -0.3 is 9.84 Å². The van der Waals surface area contributed by atoms with Crippen molar-refractivity contribution in [2.75, 3.05) is 7.11 Å². The Hall–Kier alpha value is -2.11. The summed E-state index contributed by atoms with van der Waals surface area (Å²) in [5, 5.41) is 19.2. The van der Waals surface area contributed by atoms with Crippen molar-refractivity contribution in [2.24, 2.45) is 0 Å². The van der Waals surface area contributed by atoms with Crippen LogP contribution in [0.5, 0.6) is 5.75 Å². The third-order valence-corrected chi connectivity index (χ3v) is 1.85. The van der Waals surface area contributed by atoms with E-state index in [1.807, 2.05) is 0 Å². The molecule has 0 unspecified atom stereocenters. The molecule has 15 heavy (non-hydrogen) atoms. The van der Waals surface area contributed by atoms with Gasteiger partial charge in [0.05, 0.1) is 24.0 Å². The number of carboxylic acid groups (broad SMARTS) is 1. The van der Waals surface area contributed by atoms with Gasteiger partial charge in [-0.2, -0.15) is 0 Å². The minimum atomic E-state index is -1.14. The first kappa shape index (κ1) is 11.0. The highest BCUT2D eigenvalue weighted by Gasteiger charge is 2.20. The van der Waals surface area contributed by atoms with E-state index in [1.54, 1.807) is 0 Å². The second-order valence-corrected chi connectivity index (χ2v) is 2.79. The highest BCUT2D eigenvalue weighted by Crippen LogP contribution is 2.28. The van der Waals surface area contributed by atoms with Gasteiger partial charge in [-0.1, -0.05) is 6.07 Å². The van der Waals surface area contributed by atoms with E-state index < -0.39 is 17.3 Å². The fourth-order valence-corrected chi connectivity index (χ4v) is 1.25. The predicted molar refractivity (Wildman–Crippen MR) is 51.0 cm³/mol. The van der Waals surface area contributed by atoms with Crippen LogP contribution < -0.4 is 4.74 Å². The molecule has 0 saturated heterocycles. The molecule has 0 spiro atoms. The molecule has 1 rings (SSSR count). The average molecular weight is 211 g/mol. The van der Waals surface area contributed by atoms with E-state index >= 15 is 0 Å². The van der Waals surface area contributed by atoms with E-state index in [0.29, 0.717) is 0 Å². The van der Waals surface area contributed by atoms with Crippen LogP contribution in [-0.4, -0.2) is 23.1 Å². The fourth-order valence-electron chi connectivity index (χ4n) is 1.25. The van der Waals surface area contributed by atoms with Crippen molar-refractivity contribution in [3.05, 3.63) is 33.9 Å². The number of nitro benzene ring substituents is 1. The minimum absolute atomic E-state index is 0.0810. The van der Waals surface area contributed by atoms with Crippen LogP contribution >= 0.6 is 0 Å². The first-order valence-corrected chi connectivity index (χ1v) is 4.08. The molecule has 0 amide bonds. The minimum Gasteiger partial charge on any atom is -0.496 e. The molecule has 0 radical (unpaired) electrons. The van der Waals surface area contributed by atoms with E-state index in [2.05, 4.69) is 0 Å². The molecular formula is C9H9NO5. The monoisotopic (exact) mass is 211 g/mol. The Morgan fingerprint density at radius 1 is 1.60 bits per heavy atom.